The molecule has 1 saturated carbocycles. The van der Waals surface area contributed by atoms with E-state index in [0.29, 0.717) is 36.7 Å². The predicted octanol–water partition coefficient (Wildman–Crippen LogP) is 1.78. The second-order valence-electron chi connectivity index (χ2n) is 6.16. The van der Waals surface area contributed by atoms with E-state index < -0.39 is 0 Å². The summed E-state index contributed by atoms with van der Waals surface area (Å²) in [4.78, 5) is 26.0. The lowest BCUT2D eigenvalue weighted by Gasteiger charge is -2.19. The summed E-state index contributed by atoms with van der Waals surface area (Å²) in [5.74, 6) is 0.374. The van der Waals surface area contributed by atoms with Gasteiger partial charge in [-0.15, -0.1) is 24.8 Å². The molecule has 6 nitrogen and oxygen atoms in total. The Hall–Kier alpha value is -1.50. The number of nitrogens with one attached hydrogen (secondary N) is 2. The van der Waals surface area contributed by atoms with Gasteiger partial charge in [0.05, 0.1) is 11.4 Å². The van der Waals surface area contributed by atoms with E-state index in [-0.39, 0.29) is 42.7 Å². The molecular weight excluding hydrogens is 351 g/mol. The van der Waals surface area contributed by atoms with Crippen LogP contribution in [-0.4, -0.2) is 38.0 Å². The first-order valence-corrected chi connectivity index (χ1v) is 7.73. The van der Waals surface area contributed by atoms with Crippen molar-refractivity contribution in [3.8, 4) is 0 Å². The molecule has 1 aliphatic heterocycles. The van der Waals surface area contributed by atoms with Crippen LogP contribution >= 0.6 is 24.8 Å². The van der Waals surface area contributed by atoms with Gasteiger partial charge in [0.15, 0.2) is 0 Å². The first-order valence-electron chi connectivity index (χ1n) is 7.73. The van der Waals surface area contributed by atoms with Crippen molar-refractivity contribution in [1.82, 2.24) is 5.32 Å². The molecule has 0 bridgehead atoms. The number of halogens is 2. The van der Waals surface area contributed by atoms with Crippen molar-refractivity contribution in [2.45, 2.75) is 25.3 Å². The monoisotopic (exact) mass is 374 g/mol. The van der Waals surface area contributed by atoms with Crippen molar-refractivity contribution in [2.75, 3.05) is 30.4 Å². The lowest BCUT2D eigenvalue weighted by atomic mass is 10.1. The Morgan fingerprint density at radius 3 is 2.79 bits per heavy atom. The number of nitrogens with two attached hydrogens (primary N) is 1. The fourth-order valence-corrected chi connectivity index (χ4v) is 2.72. The molecule has 2 amide bonds. The number of benzene rings is 1. The number of hydrogen-bond donors (Lipinski definition) is 3. The highest BCUT2D eigenvalue weighted by atomic mass is 35.5. The quantitative estimate of drug-likeness (QED) is 0.749. The van der Waals surface area contributed by atoms with Gasteiger partial charge in [0.1, 0.15) is 0 Å². The van der Waals surface area contributed by atoms with Crippen molar-refractivity contribution in [3.05, 3.63) is 23.8 Å². The van der Waals surface area contributed by atoms with Gasteiger partial charge in [-0.1, -0.05) is 0 Å². The number of nitrogens with zero attached hydrogens (tertiary/aromatic N) is 1. The normalized spacial score (nSPS) is 17.4. The molecule has 4 N–H and O–H groups in total. The van der Waals surface area contributed by atoms with Crippen LogP contribution in [0.15, 0.2) is 18.2 Å². The van der Waals surface area contributed by atoms with Gasteiger partial charge >= 0.3 is 0 Å². The zero-order chi connectivity index (χ0) is 15.7. The lowest BCUT2D eigenvalue weighted by molar-refractivity contribution is -0.115. The van der Waals surface area contributed by atoms with Crippen LogP contribution < -0.4 is 21.3 Å². The summed E-state index contributed by atoms with van der Waals surface area (Å²) in [6.45, 7) is 1.16. The Morgan fingerprint density at radius 2 is 2.12 bits per heavy atom. The number of carbonyl (C=O) groups excluding carboxylic acids is 2. The van der Waals surface area contributed by atoms with Gasteiger partial charge in [-0.2, -0.15) is 0 Å². The molecule has 0 aromatic heterocycles. The molecule has 0 radical (unpaired) electrons. The van der Waals surface area contributed by atoms with Gasteiger partial charge in [0.25, 0.3) is 5.91 Å². The third-order valence-electron chi connectivity index (χ3n) is 4.34. The van der Waals surface area contributed by atoms with Crippen molar-refractivity contribution < 1.29 is 9.59 Å². The van der Waals surface area contributed by atoms with Gasteiger partial charge in [-0.25, -0.2) is 0 Å². The van der Waals surface area contributed by atoms with E-state index in [9.17, 15) is 9.59 Å². The zero-order valence-electron chi connectivity index (χ0n) is 13.6. The van der Waals surface area contributed by atoms with Gasteiger partial charge in [-0.05, 0) is 37.0 Å². The predicted molar refractivity (Wildman–Crippen MR) is 100 cm³/mol. The Morgan fingerprint density at radius 1 is 1.42 bits per heavy atom. The minimum Gasteiger partial charge on any atom is -0.372 e. The first-order chi connectivity index (χ1) is 10.5. The first kappa shape index (κ1) is 20.5. The van der Waals surface area contributed by atoms with E-state index in [1.807, 2.05) is 18.0 Å². The minimum absolute atomic E-state index is 0. The maximum atomic E-state index is 12.2. The molecule has 134 valence electrons. The van der Waals surface area contributed by atoms with Crippen LogP contribution in [0.4, 0.5) is 11.4 Å². The number of anilines is 2. The molecule has 2 aliphatic rings. The van der Waals surface area contributed by atoms with E-state index in [1.54, 1.807) is 12.1 Å². The van der Waals surface area contributed by atoms with Crippen LogP contribution in [0.25, 0.3) is 0 Å². The third-order valence-corrected chi connectivity index (χ3v) is 4.34. The maximum absolute atomic E-state index is 12.2. The summed E-state index contributed by atoms with van der Waals surface area (Å²) in [6, 6.07) is 5.42. The largest absolute Gasteiger partial charge is 0.372 e. The fraction of sp³-hybridized carbons (Fsp3) is 0.500. The molecule has 0 saturated heterocycles. The average Bonchev–Trinajstić information content (AvgIpc) is 3.34. The number of rotatable bonds is 4. The molecule has 24 heavy (non-hydrogen) atoms. The highest BCUT2D eigenvalue weighted by molar-refractivity contribution is 6.00. The van der Waals surface area contributed by atoms with E-state index in [2.05, 4.69) is 10.6 Å². The Kier molecular flexibility index (Phi) is 7.32. The number of carbonyl (C=O) groups is 2. The SMILES string of the molecule is CN1CCC(=O)Nc2cc(C(=O)NCC(N)C3CC3)ccc21.Cl.Cl. The zero-order valence-corrected chi connectivity index (χ0v) is 15.2. The molecule has 3 rings (SSSR count). The van der Waals surface area contributed by atoms with Crippen molar-refractivity contribution in [1.29, 1.82) is 0 Å². The van der Waals surface area contributed by atoms with Crippen molar-refractivity contribution in [2.24, 2.45) is 11.7 Å². The van der Waals surface area contributed by atoms with Gasteiger partial charge in [0.2, 0.25) is 5.91 Å². The summed E-state index contributed by atoms with van der Waals surface area (Å²) in [6.07, 6.45) is 2.77. The molecule has 1 aliphatic carbocycles. The van der Waals surface area contributed by atoms with E-state index in [0.717, 1.165) is 18.5 Å². The highest BCUT2D eigenvalue weighted by Crippen LogP contribution is 2.31. The van der Waals surface area contributed by atoms with Crippen molar-refractivity contribution >= 4 is 48.0 Å². The van der Waals surface area contributed by atoms with Crippen LogP contribution in [0.3, 0.4) is 0 Å². The minimum atomic E-state index is -0.153. The molecular formula is C16H24Cl2N4O2. The highest BCUT2D eigenvalue weighted by Gasteiger charge is 2.28. The Bertz CT molecular complexity index is 608. The number of amides is 2. The number of fused-ring (bicyclic) bond motifs is 1. The van der Waals surface area contributed by atoms with E-state index in [1.165, 1.54) is 0 Å². The molecule has 1 atom stereocenters. The smallest absolute Gasteiger partial charge is 0.251 e. The van der Waals surface area contributed by atoms with Gasteiger partial charge in [0, 0.05) is 38.2 Å². The Balaban J connectivity index is 0.00000144. The summed E-state index contributed by atoms with van der Waals surface area (Å²) < 4.78 is 0. The average molecular weight is 375 g/mol. The summed E-state index contributed by atoms with van der Waals surface area (Å²) >= 11 is 0. The van der Waals surface area contributed by atoms with Crippen LogP contribution in [0.2, 0.25) is 0 Å². The molecule has 1 fully saturated rings. The van der Waals surface area contributed by atoms with Crippen LogP contribution in [-0.2, 0) is 4.79 Å². The van der Waals surface area contributed by atoms with E-state index in [4.69, 9.17) is 5.73 Å². The molecule has 1 unspecified atom stereocenters. The van der Waals surface area contributed by atoms with Crippen molar-refractivity contribution in [3.63, 3.8) is 0 Å². The fourth-order valence-electron chi connectivity index (χ4n) is 2.72. The second-order valence-corrected chi connectivity index (χ2v) is 6.16. The molecule has 1 aromatic carbocycles. The lowest BCUT2D eigenvalue weighted by Crippen LogP contribution is -2.38. The maximum Gasteiger partial charge on any atom is 0.251 e. The topological polar surface area (TPSA) is 87.5 Å². The molecule has 8 heteroatoms. The van der Waals surface area contributed by atoms with Gasteiger partial charge < -0.3 is 21.3 Å². The Labute approximate surface area is 154 Å². The van der Waals surface area contributed by atoms with Crippen LogP contribution in [0, 0.1) is 5.92 Å². The number of hydrogen-bond acceptors (Lipinski definition) is 4. The summed E-state index contributed by atoms with van der Waals surface area (Å²) in [5.41, 5.74) is 8.15. The van der Waals surface area contributed by atoms with Gasteiger partial charge in [-0.3, -0.25) is 9.59 Å². The van der Waals surface area contributed by atoms with Crippen LogP contribution in [0.1, 0.15) is 29.6 Å². The standard InChI is InChI=1S/C16H22N4O2.2ClH/c1-20-7-6-15(21)19-13-8-11(4-5-14(13)20)16(22)18-9-12(17)10-2-3-10;;/h4-5,8,10,12H,2-3,6-7,9,17H2,1H3,(H,18,22)(H,19,21);2*1H. The third kappa shape index (κ3) is 4.75. The summed E-state index contributed by atoms with van der Waals surface area (Å²) in [5, 5.41) is 5.73. The molecule has 1 aromatic rings. The summed E-state index contributed by atoms with van der Waals surface area (Å²) in [7, 11) is 1.94. The molecule has 1 heterocycles. The van der Waals surface area contributed by atoms with Crippen LogP contribution in [0.5, 0.6) is 0 Å². The van der Waals surface area contributed by atoms with E-state index >= 15 is 0 Å². The molecule has 0 spiro atoms. The second kappa shape index (κ2) is 8.55.